The molecule has 1 aromatic rings. The first-order valence-corrected chi connectivity index (χ1v) is 3.81. The zero-order chi connectivity index (χ0) is 8.97. The fourth-order valence-corrected chi connectivity index (χ4v) is 1.09. The van der Waals surface area contributed by atoms with E-state index in [1.807, 2.05) is 19.1 Å². The third-order valence-corrected chi connectivity index (χ3v) is 2.02. The normalized spacial score (nSPS) is 8.46. The van der Waals surface area contributed by atoms with E-state index in [0.29, 0.717) is 6.54 Å². The minimum atomic E-state index is 0. The number of azide groups is 1. The van der Waals surface area contributed by atoms with Gasteiger partial charge in [-0.25, -0.2) is 0 Å². The van der Waals surface area contributed by atoms with Gasteiger partial charge in [0, 0.05) is 4.91 Å². The number of benzene rings is 1. The monoisotopic (exact) mass is 177 g/mol. The number of hydrogen-bond donors (Lipinski definition) is 0. The Balaban J connectivity index is 0.00000144. The van der Waals surface area contributed by atoms with Crippen LogP contribution in [-0.4, -0.2) is 0 Å². The van der Waals surface area contributed by atoms with Gasteiger partial charge in [0.15, 0.2) is 0 Å². The molecule has 0 bridgehead atoms. The smallest absolute Gasteiger partial charge is 0.0513 e. The molecular formula is C10H15N3. The van der Waals surface area contributed by atoms with Crippen LogP contribution in [0, 0.1) is 13.8 Å². The Labute approximate surface area is 79.0 Å². The molecule has 1 aromatic carbocycles. The molecule has 13 heavy (non-hydrogen) atoms. The Morgan fingerprint density at radius 2 is 2.08 bits per heavy atom. The van der Waals surface area contributed by atoms with Crippen LogP contribution in [0.3, 0.4) is 0 Å². The van der Waals surface area contributed by atoms with Crippen LogP contribution >= 0.6 is 0 Å². The van der Waals surface area contributed by atoms with E-state index in [1.165, 1.54) is 11.1 Å². The van der Waals surface area contributed by atoms with Gasteiger partial charge in [0.05, 0.1) is 6.54 Å². The topological polar surface area (TPSA) is 48.8 Å². The lowest BCUT2D eigenvalue weighted by Crippen LogP contribution is -1.88. The van der Waals surface area contributed by atoms with Crippen LogP contribution in [0.25, 0.3) is 10.4 Å². The summed E-state index contributed by atoms with van der Waals surface area (Å²) in [7, 11) is 0. The molecule has 0 aliphatic rings. The van der Waals surface area contributed by atoms with Gasteiger partial charge in [-0.2, -0.15) is 0 Å². The predicted octanol–water partition coefficient (Wildman–Crippen LogP) is 3.75. The summed E-state index contributed by atoms with van der Waals surface area (Å²) in [6.45, 7) is 4.54. The zero-order valence-electron chi connectivity index (χ0n) is 7.28. The molecule has 0 saturated carbocycles. The second-order valence-electron chi connectivity index (χ2n) is 2.75. The summed E-state index contributed by atoms with van der Waals surface area (Å²) in [5.41, 5.74) is 11.7. The highest BCUT2D eigenvalue weighted by atomic mass is 15.1. The summed E-state index contributed by atoms with van der Waals surface area (Å²) < 4.78 is 0. The van der Waals surface area contributed by atoms with Gasteiger partial charge in [-0.1, -0.05) is 30.7 Å². The Morgan fingerprint density at radius 3 is 2.69 bits per heavy atom. The van der Waals surface area contributed by atoms with E-state index < -0.39 is 0 Å². The van der Waals surface area contributed by atoms with Crippen molar-refractivity contribution in [2.24, 2.45) is 5.11 Å². The van der Waals surface area contributed by atoms with Crippen molar-refractivity contribution in [2.75, 3.05) is 0 Å². The van der Waals surface area contributed by atoms with Crippen molar-refractivity contribution in [3.05, 3.63) is 45.3 Å². The maximum Gasteiger partial charge on any atom is 0.0513 e. The van der Waals surface area contributed by atoms with Gasteiger partial charge in [0.25, 0.3) is 0 Å². The van der Waals surface area contributed by atoms with Crippen molar-refractivity contribution >= 4 is 0 Å². The first-order valence-electron chi connectivity index (χ1n) is 3.81. The highest BCUT2D eigenvalue weighted by Gasteiger charge is 1.97. The summed E-state index contributed by atoms with van der Waals surface area (Å²) in [5.74, 6) is 0. The minimum absolute atomic E-state index is 0. The van der Waals surface area contributed by atoms with Crippen molar-refractivity contribution in [1.82, 2.24) is 0 Å². The van der Waals surface area contributed by atoms with Crippen LogP contribution in [0.5, 0.6) is 0 Å². The Morgan fingerprint density at radius 1 is 1.38 bits per heavy atom. The Bertz CT molecular complexity index is 325. The molecule has 0 aliphatic heterocycles. The van der Waals surface area contributed by atoms with E-state index in [-0.39, 0.29) is 7.43 Å². The molecule has 3 nitrogen and oxygen atoms in total. The number of rotatable bonds is 2. The van der Waals surface area contributed by atoms with Crippen LogP contribution in [-0.2, 0) is 6.54 Å². The molecule has 0 radical (unpaired) electrons. The SMILES string of the molecule is C.Cc1cccc(CN=[N+]=[N-])c1C. The molecular weight excluding hydrogens is 162 g/mol. The van der Waals surface area contributed by atoms with E-state index >= 15 is 0 Å². The predicted molar refractivity (Wildman–Crippen MR) is 55.5 cm³/mol. The van der Waals surface area contributed by atoms with Crippen molar-refractivity contribution in [3.63, 3.8) is 0 Å². The molecule has 1 rings (SSSR count). The Hall–Kier alpha value is -1.47. The van der Waals surface area contributed by atoms with E-state index in [1.54, 1.807) is 0 Å². The van der Waals surface area contributed by atoms with Gasteiger partial charge in [0.1, 0.15) is 0 Å². The maximum absolute atomic E-state index is 8.15. The average molecular weight is 177 g/mol. The van der Waals surface area contributed by atoms with Gasteiger partial charge >= 0.3 is 0 Å². The van der Waals surface area contributed by atoms with Crippen LogP contribution in [0.4, 0.5) is 0 Å². The van der Waals surface area contributed by atoms with Gasteiger partial charge in [-0.3, -0.25) is 0 Å². The van der Waals surface area contributed by atoms with Gasteiger partial charge in [0.2, 0.25) is 0 Å². The number of hydrogen-bond acceptors (Lipinski definition) is 1. The lowest BCUT2D eigenvalue weighted by molar-refractivity contribution is 1.02. The molecule has 0 amide bonds. The minimum Gasteiger partial charge on any atom is -0.0893 e. The summed E-state index contributed by atoms with van der Waals surface area (Å²) in [6, 6.07) is 6.01. The molecule has 0 N–H and O–H groups in total. The highest BCUT2D eigenvalue weighted by molar-refractivity contribution is 5.32. The third kappa shape index (κ3) is 2.80. The van der Waals surface area contributed by atoms with Crippen molar-refractivity contribution in [3.8, 4) is 0 Å². The first-order chi connectivity index (χ1) is 5.75. The summed E-state index contributed by atoms with van der Waals surface area (Å²) >= 11 is 0. The van der Waals surface area contributed by atoms with Crippen LogP contribution in [0.2, 0.25) is 0 Å². The first kappa shape index (κ1) is 11.5. The molecule has 0 heterocycles. The van der Waals surface area contributed by atoms with E-state index in [0.717, 1.165) is 5.56 Å². The fraction of sp³-hybridized carbons (Fsp3) is 0.400. The summed E-state index contributed by atoms with van der Waals surface area (Å²) in [5, 5.41) is 3.52. The lowest BCUT2D eigenvalue weighted by atomic mass is 10.0. The van der Waals surface area contributed by atoms with Crippen molar-refractivity contribution in [1.29, 1.82) is 0 Å². The molecule has 70 valence electrons. The molecule has 0 atom stereocenters. The van der Waals surface area contributed by atoms with Gasteiger partial charge in [-0.05, 0) is 36.1 Å². The largest absolute Gasteiger partial charge is 0.0893 e. The molecule has 0 aliphatic carbocycles. The second-order valence-corrected chi connectivity index (χ2v) is 2.75. The van der Waals surface area contributed by atoms with Crippen LogP contribution in [0.15, 0.2) is 23.3 Å². The van der Waals surface area contributed by atoms with Crippen molar-refractivity contribution in [2.45, 2.75) is 27.8 Å². The fourth-order valence-electron chi connectivity index (χ4n) is 1.09. The standard InChI is InChI=1S/C9H11N3.CH4/c1-7-4-3-5-9(8(7)2)6-11-12-10;/h3-5H,6H2,1-2H3;1H4. The van der Waals surface area contributed by atoms with E-state index in [4.69, 9.17) is 5.53 Å². The third-order valence-electron chi connectivity index (χ3n) is 2.02. The molecule has 0 spiro atoms. The maximum atomic E-state index is 8.15. The number of nitrogens with zero attached hydrogens (tertiary/aromatic N) is 3. The average Bonchev–Trinajstić information content (AvgIpc) is 2.08. The van der Waals surface area contributed by atoms with Crippen LogP contribution in [0.1, 0.15) is 24.1 Å². The van der Waals surface area contributed by atoms with E-state index in [9.17, 15) is 0 Å². The van der Waals surface area contributed by atoms with Crippen LogP contribution < -0.4 is 0 Å². The summed E-state index contributed by atoms with van der Waals surface area (Å²) in [4.78, 5) is 2.73. The zero-order valence-corrected chi connectivity index (χ0v) is 7.28. The lowest BCUT2D eigenvalue weighted by Gasteiger charge is -2.04. The van der Waals surface area contributed by atoms with Crippen molar-refractivity contribution < 1.29 is 0 Å². The van der Waals surface area contributed by atoms with Gasteiger partial charge < -0.3 is 0 Å². The molecule has 0 aromatic heterocycles. The molecule has 3 heteroatoms. The second kappa shape index (κ2) is 5.22. The number of aryl methyl sites for hydroxylation is 1. The molecule has 0 saturated heterocycles. The molecule has 0 unspecified atom stereocenters. The quantitative estimate of drug-likeness (QED) is 0.375. The molecule has 0 fully saturated rings. The Kier molecular flexibility index (Phi) is 4.63. The highest BCUT2D eigenvalue weighted by Crippen LogP contribution is 2.13. The van der Waals surface area contributed by atoms with E-state index in [2.05, 4.69) is 23.0 Å². The summed E-state index contributed by atoms with van der Waals surface area (Å²) in [6.07, 6.45) is 0. The van der Waals surface area contributed by atoms with Gasteiger partial charge in [-0.15, -0.1) is 0 Å².